The Morgan fingerprint density at radius 3 is 2.59 bits per heavy atom. The average Bonchev–Trinajstić information content (AvgIpc) is 2.27. The van der Waals surface area contributed by atoms with E-state index in [0.717, 1.165) is 24.3 Å². The molecule has 0 fully saturated rings. The number of rotatable bonds is 3. The molecule has 1 aromatic carbocycles. The van der Waals surface area contributed by atoms with Gasteiger partial charge < -0.3 is 5.32 Å². The van der Waals surface area contributed by atoms with Crippen molar-refractivity contribution in [3.05, 3.63) is 36.4 Å². The van der Waals surface area contributed by atoms with Crippen molar-refractivity contribution in [2.75, 3.05) is 11.9 Å². The van der Waals surface area contributed by atoms with Gasteiger partial charge in [-0.25, -0.2) is 4.98 Å². The molecule has 0 spiro atoms. The Kier molecular flexibility index (Phi) is 3.32. The Morgan fingerprint density at radius 2 is 1.82 bits per heavy atom. The molecule has 90 valence electrons. The van der Waals surface area contributed by atoms with Crippen molar-refractivity contribution in [1.29, 1.82) is 0 Å². The van der Waals surface area contributed by atoms with Crippen LogP contribution in [0.4, 0.5) is 5.82 Å². The van der Waals surface area contributed by atoms with Gasteiger partial charge in [-0.05, 0) is 30.0 Å². The number of hydrogen-bond acceptors (Lipinski definition) is 2. The Bertz CT molecular complexity index is 497. The van der Waals surface area contributed by atoms with Crippen LogP contribution in [0.2, 0.25) is 0 Å². The van der Waals surface area contributed by atoms with Gasteiger partial charge >= 0.3 is 0 Å². The van der Waals surface area contributed by atoms with Gasteiger partial charge in [-0.2, -0.15) is 0 Å². The van der Waals surface area contributed by atoms with Crippen LogP contribution in [-0.4, -0.2) is 11.5 Å². The van der Waals surface area contributed by atoms with E-state index in [4.69, 9.17) is 0 Å². The maximum atomic E-state index is 4.58. The van der Waals surface area contributed by atoms with Crippen LogP contribution in [0, 0.1) is 5.41 Å². The van der Waals surface area contributed by atoms with Crippen LogP contribution in [0.3, 0.4) is 0 Å². The molecule has 1 aromatic heterocycles. The van der Waals surface area contributed by atoms with E-state index >= 15 is 0 Å². The van der Waals surface area contributed by atoms with Crippen molar-refractivity contribution in [3.63, 3.8) is 0 Å². The molecular formula is C15H20N2. The number of hydrogen-bond donors (Lipinski definition) is 1. The molecule has 2 rings (SSSR count). The van der Waals surface area contributed by atoms with E-state index in [0.29, 0.717) is 5.41 Å². The Labute approximate surface area is 103 Å². The molecule has 0 saturated heterocycles. The largest absolute Gasteiger partial charge is 0.370 e. The van der Waals surface area contributed by atoms with Gasteiger partial charge in [0.15, 0.2) is 0 Å². The van der Waals surface area contributed by atoms with Gasteiger partial charge in [-0.3, -0.25) is 0 Å². The Morgan fingerprint density at radius 1 is 1.06 bits per heavy atom. The summed E-state index contributed by atoms with van der Waals surface area (Å²) in [5.41, 5.74) is 1.41. The average molecular weight is 228 g/mol. The van der Waals surface area contributed by atoms with Gasteiger partial charge in [-0.1, -0.05) is 39.0 Å². The van der Waals surface area contributed by atoms with E-state index in [9.17, 15) is 0 Å². The second kappa shape index (κ2) is 4.74. The fourth-order valence-corrected chi connectivity index (χ4v) is 1.73. The van der Waals surface area contributed by atoms with Gasteiger partial charge in [0, 0.05) is 11.9 Å². The van der Waals surface area contributed by atoms with Gasteiger partial charge in [0.2, 0.25) is 0 Å². The smallest absolute Gasteiger partial charge is 0.126 e. The van der Waals surface area contributed by atoms with Gasteiger partial charge in [0.05, 0.1) is 5.52 Å². The zero-order chi connectivity index (χ0) is 12.3. The summed E-state index contributed by atoms with van der Waals surface area (Å²) in [6.07, 6.45) is 1.14. The first kappa shape index (κ1) is 11.9. The molecule has 1 heterocycles. The number of anilines is 1. The van der Waals surface area contributed by atoms with Gasteiger partial charge in [0.1, 0.15) is 5.82 Å². The van der Waals surface area contributed by atoms with Crippen molar-refractivity contribution in [1.82, 2.24) is 4.98 Å². The number of benzene rings is 1. The summed E-state index contributed by atoms with van der Waals surface area (Å²) in [6.45, 7) is 7.72. The van der Waals surface area contributed by atoms with Crippen LogP contribution in [-0.2, 0) is 0 Å². The van der Waals surface area contributed by atoms with Crippen molar-refractivity contribution >= 4 is 16.7 Å². The maximum Gasteiger partial charge on any atom is 0.126 e. The minimum atomic E-state index is 0.365. The van der Waals surface area contributed by atoms with Gasteiger partial charge in [-0.15, -0.1) is 0 Å². The molecule has 2 aromatic rings. The van der Waals surface area contributed by atoms with Crippen LogP contribution in [0.1, 0.15) is 27.2 Å². The second-order valence-electron chi connectivity index (χ2n) is 5.63. The molecule has 2 heteroatoms. The number of pyridine rings is 1. The molecule has 0 radical (unpaired) electrons. The number of nitrogens with zero attached hydrogens (tertiary/aromatic N) is 1. The molecule has 0 unspecified atom stereocenters. The summed E-state index contributed by atoms with van der Waals surface area (Å²) in [6, 6.07) is 12.4. The summed E-state index contributed by atoms with van der Waals surface area (Å²) >= 11 is 0. The fourth-order valence-electron chi connectivity index (χ4n) is 1.73. The van der Waals surface area contributed by atoms with E-state index < -0.39 is 0 Å². The van der Waals surface area contributed by atoms with Crippen molar-refractivity contribution in [2.24, 2.45) is 5.41 Å². The quantitative estimate of drug-likeness (QED) is 0.856. The predicted octanol–water partition coefficient (Wildman–Crippen LogP) is 4.08. The molecular weight excluding hydrogens is 208 g/mol. The Balaban J connectivity index is 2.04. The third-order valence-electron chi connectivity index (χ3n) is 2.78. The number of aromatic nitrogens is 1. The maximum absolute atomic E-state index is 4.58. The molecule has 17 heavy (non-hydrogen) atoms. The Hall–Kier alpha value is -1.57. The molecule has 0 atom stereocenters. The monoisotopic (exact) mass is 228 g/mol. The SMILES string of the molecule is CC(C)(C)CCNc1ccc2ccccc2n1. The normalized spacial score (nSPS) is 11.7. The van der Waals surface area contributed by atoms with Crippen LogP contribution < -0.4 is 5.32 Å². The lowest BCUT2D eigenvalue weighted by molar-refractivity contribution is 0.389. The van der Waals surface area contributed by atoms with E-state index in [-0.39, 0.29) is 0 Å². The number of para-hydroxylation sites is 1. The zero-order valence-electron chi connectivity index (χ0n) is 10.8. The summed E-state index contributed by atoms with van der Waals surface area (Å²) in [5, 5.41) is 4.57. The lowest BCUT2D eigenvalue weighted by atomic mass is 9.92. The number of nitrogens with one attached hydrogen (secondary N) is 1. The fraction of sp³-hybridized carbons (Fsp3) is 0.400. The molecule has 0 amide bonds. The van der Waals surface area contributed by atoms with Gasteiger partial charge in [0.25, 0.3) is 0 Å². The number of fused-ring (bicyclic) bond motifs is 1. The van der Waals surface area contributed by atoms with Crippen molar-refractivity contribution in [3.8, 4) is 0 Å². The van der Waals surface area contributed by atoms with Crippen LogP contribution in [0.25, 0.3) is 10.9 Å². The molecule has 2 nitrogen and oxygen atoms in total. The van der Waals surface area contributed by atoms with Crippen molar-refractivity contribution < 1.29 is 0 Å². The standard InChI is InChI=1S/C15H20N2/c1-15(2,3)10-11-16-14-9-8-12-6-4-5-7-13(12)17-14/h4-9H,10-11H2,1-3H3,(H,16,17). The minimum Gasteiger partial charge on any atom is -0.370 e. The summed E-state index contributed by atoms with van der Waals surface area (Å²) in [4.78, 5) is 4.58. The van der Waals surface area contributed by atoms with E-state index in [2.05, 4.69) is 43.2 Å². The predicted molar refractivity (Wildman–Crippen MR) is 74.3 cm³/mol. The van der Waals surface area contributed by atoms with Crippen LogP contribution in [0.5, 0.6) is 0 Å². The second-order valence-corrected chi connectivity index (χ2v) is 5.63. The first-order valence-electron chi connectivity index (χ1n) is 6.14. The highest BCUT2D eigenvalue weighted by atomic mass is 15.0. The third kappa shape index (κ3) is 3.45. The zero-order valence-corrected chi connectivity index (χ0v) is 10.8. The molecule has 0 saturated carbocycles. The first-order valence-corrected chi connectivity index (χ1v) is 6.14. The third-order valence-corrected chi connectivity index (χ3v) is 2.78. The van der Waals surface area contributed by atoms with E-state index in [1.165, 1.54) is 5.39 Å². The lowest BCUT2D eigenvalue weighted by Crippen LogP contribution is -2.13. The highest BCUT2D eigenvalue weighted by Gasteiger charge is 2.09. The summed E-state index contributed by atoms with van der Waals surface area (Å²) in [7, 11) is 0. The highest BCUT2D eigenvalue weighted by Crippen LogP contribution is 2.19. The van der Waals surface area contributed by atoms with Crippen molar-refractivity contribution in [2.45, 2.75) is 27.2 Å². The lowest BCUT2D eigenvalue weighted by Gasteiger charge is -2.18. The molecule has 0 aliphatic carbocycles. The first-order chi connectivity index (χ1) is 8.04. The van der Waals surface area contributed by atoms with Crippen LogP contribution in [0.15, 0.2) is 36.4 Å². The summed E-state index contributed by atoms with van der Waals surface area (Å²) < 4.78 is 0. The molecule has 0 aliphatic rings. The minimum absolute atomic E-state index is 0.365. The molecule has 0 aliphatic heterocycles. The summed E-state index contributed by atoms with van der Waals surface area (Å²) in [5.74, 6) is 0.966. The molecule has 1 N–H and O–H groups in total. The van der Waals surface area contributed by atoms with E-state index in [1.54, 1.807) is 0 Å². The molecule has 0 bridgehead atoms. The highest BCUT2D eigenvalue weighted by molar-refractivity contribution is 5.79. The van der Waals surface area contributed by atoms with Crippen LogP contribution >= 0.6 is 0 Å². The van der Waals surface area contributed by atoms with E-state index in [1.807, 2.05) is 24.3 Å². The topological polar surface area (TPSA) is 24.9 Å².